The van der Waals surface area contributed by atoms with E-state index in [1.807, 2.05) is 0 Å². The Bertz CT molecular complexity index is 662. The predicted molar refractivity (Wildman–Crippen MR) is 95.5 cm³/mol. The number of hydrogen-bond acceptors (Lipinski definition) is 5. The Morgan fingerprint density at radius 3 is 3.04 bits per heavy atom. The molecule has 0 aliphatic carbocycles. The zero-order valence-electron chi connectivity index (χ0n) is 13.0. The number of para-hydroxylation sites is 1. The molecule has 2 atom stereocenters. The summed E-state index contributed by atoms with van der Waals surface area (Å²) in [5.74, 6) is -0.448. The molecule has 8 heteroatoms. The third-order valence-corrected chi connectivity index (χ3v) is 5.21. The molecule has 2 N–H and O–H groups in total. The van der Waals surface area contributed by atoms with E-state index in [9.17, 15) is 9.59 Å². The number of rotatable bonds is 5. The molecule has 0 radical (unpaired) electrons. The van der Waals surface area contributed by atoms with Crippen LogP contribution < -0.4 is 10.6 Å². The van der Waals surface area contributed by atoms with Crippen LogP contribution in [0.1, 0.15) is 19.3 Å². The topological polar surface area (TPSA) is 79.8 Å². The molecule has 2 heterocycles. The summed E-state index contributed by atoms with van der Waals surface area (Å²) >= 11 is 7.30. The van der Waals surface area contributed by atoms with Crippen molar-refractivity contribution in [3.8, 4) is 0 Å². The molecule has 24 heavy (non-hydrogen) atoms. The molecule has 0 spiro atoms. The van der Waals surface area contributed by atoms with Gasteiger partial charge in [-0.25, -0.2) is 0 Å². The van der Waals surface area contributed by atoms with E-state index in [4.69, 9.17) is 16.3 Å². The second-order valence-electron chi connectivity index (χ2n) is 5.61. The van der Waals surface area contributed by atoms with Crippen LogP contribution in [0, 0.1) is 0 Å². The fraction of sp³-hybridized carbons (Fsp3) is 0.438. The van der Waals surface area contributed by atoms with E-state index >= 15 is 0 Å². The first kappa shape index (κ1) is 17.3. The molecular weight excluding hydrogens is 350 g/mol. The number of nitrogens with zero attached hydrogens (tertiary/aromatic N) is 1. The monoisotopic (exact) mass is 367 g/mol. The smallest absolute Gasteiger partial charge is 0.240 e. The Labute approximate surface area is 149 Å². The maximum absolute atomic E-state index is 12.1. The lowest BCUT2D eigenvalue weighted by Gasteiger charge is -2.08. The lowest BCUT2D eigenvalue weighted by Crippen LogP contribution is -2.28. The molecule has 1 aromatic rings. The van der Waals surface area contributed by atoms with Crippen LogP contribution in [0.3, 0.4) is 0 Å². The average molecular weight is 368 g/mol. The molecule has 6 nitrogen and oxygen atoms in total. The zero-order chi connectivity index (χ0) is 16.9. The molecule has 2 amide bonds. The number of aliphatic imine (C=N–C) groups is 1. The number of amidine groups is 1. The van der Waals surface area contributed by atoms with Gasteiger partial charge in [0.15, 0.2) is 5.17 Å². The lowest BCUT2D eigenvalue weighted by atomic mass is 10.2. The van der Waals surface area contributed by atoms with Crippen LogP contribution in [-0.2, 0) is 14.3 Å². The van der Waals surface area contributed by atoms with Crippen LogP contribution in [0.2, 0.25) is 5.02 Å². The van der Waals surface area contributed by atoms with Gasteiger partial charge in [-0.1, -0.05) is 35.5 Å². The van der Waals surface area contributed by atoms with E-state index in [1.54, 1.807) is 24.3 Å². The Morgan fingerprint density at radius 1 is 1.46 bits per heavy atom. The van der Waals surface area contributed by atoms with E-state index in [-0.39, 0.29) is 24.3 Å². The summed E-state index contributed by atoms with van der Waals surface area (Å²) in [4.78, 5) is 28.5. The van der Waals surface area contributed by atoms with Crippen LogP contribution >= 0.6 is 23.4 Å². The third-order valence-electron chi connectivity index (χ3n) is 3.76. The molecule has 0 saturated carbocycles. The number of halogens is 1. The van der Waals surface area contributed by atoms with Gasteiger partial charge in [0.25, 0.3) is 0 Å². The van der Waals surface area contributed by atoms with E-state index < -0.39 is 5.25 Å². The lowest BCUT2D eigenvalue weighted by molar-refractivity contribution is -0.122. The largest absolute Gasteiger partial charge is 0.376 e. The summed E-state index contributed by atoms with van der Waals surface area (Å²) < 4.78 is 5.50. The molecule has 2 aliphatic heterocycles. The summed E-state index contributed by atoms with van der Waals surface area (Å²) in [7, 11) is 0. The van der Waals surface area contributed by atoms with Gasteiger partial charge in [-0.05, 0) is 25.0 Å². The van der Waals surface area contributed by atoms with Gasteiger partial charge >= 0.3 is 0 Å². The Hall–Kier alpha value is -1.57. The van der Waals surface area contributed by atoms with Crippen molar-refractivity contribution in [2.75, 3.05) is 18.5 Å². The number of ether oxygens (including phenoxy) is 1. The van der Waals surface area contributed by atoms with Crippen molar-refractivity contribution in [1.82, 2.24) is 5.32 Å². The highest BCUT2D eigenvalue weighted by atomic mass is 35.5. The SMILES string of the molecule is O=C(CC1SC(=NCC2CCCO2)NC1=O)Nc1ccccc1Cl. The molecule has 2 aliphatic rings. The quantitative estimate of drug-likeness (QED) is 0.837. The normalized spacial score (nSPS) is 25.0. The van der Waals surface area contributed by atoms with Crippen molar-refractivity contribution in [3.05, 3.63) is 29.3 Å². The minimum absolute atomic E-state index is 0.0701. The standard InChI is InChI=1S/C16H18ClN3O3S/c17-11-5-1-2-6-12(11)19-14(21)8-13-15(22)20-16(24-13)18-9-10-4-3-7-23-10/h1-2,5-6,10,13H,3-4,7-9H2,(H,19,21)(H,18,20,22). The molecule has 0 bridgehead atoms. The second kappa shape index (κ2) is 8.00. The highest BCUT2D eigenvalue weighted by Gasteiger charge is 2.32. The van der Waals surface area contributed by atoms with Crippen molar-refractivity contribution >= 4 is 46.0 Å². The Kier molecular flexibility index (Phi) is 5.76. The summed E-state index contributed by atoms with van der Waals surface area (Å²) in [6.07, 6.45) is 2.26. The van der Waals surface area contributed by atoms with E-state index in [0.29, 0.717) is 22.4 Å². The van der Waals surface area contributed by atoms with Gasteiger partial charge in [0, 0.05) is 13.0 Å². The van der Waals surface area contributed by atoms with Crippen molar-refractivity contribution < 1.29 is 14.3 Å². The predicted octanol–water partition coefficient (Wildman–Crippen LogP) is 2.44. The number of amides is 2. The van der Waals surface area contributed by atoms with Crippen LogP contribution in [0.4, 0.5) is 5.69 Å². The number of thioether (sulfide) groups is 1. The molecule has 128 valence electrons. The first-order valence-corrected chi connectivity index (χ1v) is 9.05. The fourth-order valence-corrected chi connectivity index (χ4v) is 3.68. The minimum atomic E-state index is -0.476. The Balaban J connectivity index is 1.51. The van der Waals surface area contributed by atoms with Gasteiger partial charge in [-0.2, -0.15) is 0 Å². The number of anilines is 1. The van der Waals surface area contributed by atoms with Crippen molar-refractivity contribution in [2.24, 2.45) is 4.99 Å². The summed E-state index contributed by atoms with van der Waals surface area (Å²) in [6, 6.07) is 6.99. The maximum Gasteiger partial charge on any atom is 0.240 e. The van der Waals surface area contributed by atoms with Crippen molar-refractivity contribution in [2.45, 2.75) is 30.6 Å². The van der Waals surface area contributed by atoms with Crippen molar-refractivity contribution in [3.63, 3.8) is 0 Å². The minimum Gasteiger partial charge on any atom is -0.376 e. The van der Waals surface area contributed by atoms with E-state index in [1.165, 1.54) is 11.8 Å². The average Bonchev–Trinajstić information content (AvgIpc) is 3.18. The summed E-state index contributed by atoms with van der Waals surface area (Å²) in [6.45, 7) is 1.32. The molecule has 1 aromatic carbocycles. The van der Waals surface area contributed by atoms with Gasteiger partial charge in [0.1, 0.15) is 5.25 Å². The van der Waals surface area contributed by atoms with Crippen LogP contribution in [0.25, 0.3) is 0 Å². The molecule has 2 fully saturated rings. The highest BCUT2D eigenvalue weighted by Crippen LogP contribution is 2.25. The van der Waals surface area contributed by atoms with Gasteiger partial charge in [0.05, 0.1) is 23.4 Å². The zero-order valence-corrected chi connectivity index (χ0v) is 14.5. The van der Waals surface area contributed by atoms with Crippen LogP contribution in [0.15, 0.2) is 29.3 Å². The molecular formula is C16H18ClN3O3S. The first-order chi connectivity index (χ1) is 11.6. The van der Waals surface area contributed by atoms with Gasteiger partial charge in [0.2, 0.25) is 11.8 Å². The number of nitrogens with one attached hydrogen (secondary N) is 2. The molecule has 2 saturated heterocycles. The number of carbonyl (C=O) groups excluding carboxylic acids is 2. The maximum atomic E-state index is 12.1. The summed E-state index contributed by atoms with van der Waals surface area (Å²) in [5.41, 5.74) is 0.542. The first-order valence-electron chi connectivity index (χ1n) is 7.80. The number of hydrogen-bond donors (Lipinski definition) is 2. The molecule has 0 aromatic heterocycles. The van der Waals surface area contributed by atoms with Gasteiger partial charge < -0.3 is 15.4 Å². The van der Waals surface area contributed by atoms with Crippen LogP contribution in [0.5, 0.6) is 0 Å². The van der Waals surface area contributed by atoms with Gasteiger partial charge in [-0.3, -0.25) is 14.6 Å². The fourth-order valence-electron chi connectivity index (χ4n) is 2.52. The van der Waals surface area contributed by atoms with E-state index in [2.05, 4.69) is 15.6 Å². The molecule has 3 rings (SSSR count). The van der Waals surface area contributed by atoms with E-state index in [0.717, 1.165) is 19.4 Å². The number of carbonyl (C=O) groups is 2. The Morgan fingerprint density at radius 2 is 2.29 bits per heavy atom. The van der Waals surface area contributed by atoms with Crippen LogP contribution in [-0.4, -0.2) is 41.5 Å². The number of benzene rings is 1. The van der Waals surface area contributed by atoms with Gasteiger partial charge in [-0.15, -0.1) is 0 Å². The second-order valence-corrected chi connectivity index (χ2v) is 7.21. The molecule has 2 unspecified atom stereocenters. The third kappa shape index (κ3) is 4.49. The highest BCUT2D eigenvalue weighted by molar-refractivity contribution is 8.15. The summed E-state index contributed by atoms with van der Waals surface area (Å²) in [5, 5.41) is 6.00. The van der Waals surface area contributed by atoms with Crippen molar-refractivity contribution in [1.29, 1.82) is 0 Å².